The smallest absolute Gasteiger partial charge is 0.308 e. The molecule has 1 fully saturated rings. The van der Waals surface area contributed by atoms with Gasteiger partial charge in [-0.2, -0.15) is 0 Å². The van der Waals surface area contributed by atoms with E-state index in [4.69, 9.17) is 4.74 Å². The summed E-state index contributed by atoms with van der Waals surface area (Å²) in [5.74, 6) is -1.62. The number of anilines is 2. The summed E-state index contributed by atoms with van der Waals surface area (Å²) in [4.78, 5) is 54.1. The highest BCUT2D eigenvalue weighted by molar-refractivity contribution is 8.00. The molecule has 3 amide bonds. The fourth-order valence-corrected chi connectivity index (χ4v) is 7.67. The number of hydrogen-bond donors (Lipinski definition) is 1. The summed E-state index contributed by atoms with van der Waals surface area (Å²) in [6.45, 7) is 3.43. The molecule has 2 aliphatic rings. The van der Waals surface area contributed by atoms with Crippen LogP contribution in [-0.4, -0.2) is 34.6 Å². The molecule has 3 heterocycles. The van der Waals surface area contributed by atoms with Gasteiger partial charge in [-0.3, -0.25) is 23.7 Å². The summed E-state index contributed by atoms with van der Waals surface area (Å²) in [5, 5.41) is 2.44. The lowest BCUT2D eigenvalue weighted by molar-refractivity contribution is -0.123. The van der Waals surface area contributed by atoms with Crippen LogP contribution >= 0.6 is 23.1 Å². The predicted molar refractivity (Wildman–Crippen MR) is 135 cm³/mol. The summed E-state index contributed by atoms with van der Waals surface area (Å²) in [6.07, 6.45) is 0. The highest BCUT2D eigenvalue weighted by Crippen LogP contribution is 2.54. The summed E-state index contributed by atoms with van der Waals surface area (Å²) < 4.78 is 19.7. The quantitative estimate of drug-likeness (QED) is 0.509. The molecule has 2 aromatic carbocycles. The molecule has 1 aromatic heterocycles. The van der Waals surface area contributed by atoms with E-state index in [0.29, 0.717) is 27.0 Å². The van der Waals surface area contributed by atoms with Gasteiger partial charge in [-0.15, -0.1) is 0 Å². The third-order valence-corrected chi connectivity index (χ3v) is 9.29. The molecule has 0 bridgehead atoms. The Morgan fingerprint density at radius 3 is 2.36 bits per heavy atom. The number of nitrogens with zero attached hydrogens (tertiary/aromatic N) is 2. The van der Waals surface area contributed by atoms with Crippen LogP contribution in [0.4, 0.5) is 15.8 Å². The van der Waals surface area contributed by atoms with E-state index in [1.807, 2.05) is 13.8 Å². The number of rotatable bonds is 5. The number of nitrogens with one attached hydrogen (secondary N) is 1. The van der Waals surface area contributed by atoms with Gasteiger partial charge in [0.2, 0.25) is 17.7 Å². The first-order chi connectivity index (χ1) is 17.1. The van der Waals surface area contributed by atoms with Crippen LogP contribution in [0.1, 0.15) is 18.7 Å². The van der Waals surface area contributed by atoms with Crippen LogP contribution in [0, 0.1) is 11.7 Å². The van der Waals surface area contributed by atoms with Crippen LogP contribution in [0.5, 0.6) is 5.75 Å². The third kappa shape index (κ3) is 3.92. The maximum Gasteiger partial charge on any atom is 0.308 e. The van der Waals surface area contributed by atoms with E-state index < -0.39 is 28.3 Å². The Bertz CT molecular complexity index is 1430. The number of fused-ring (bicyclic) bond motifs is 2. The number of amides is 3. The average molecular weight is 528 g/mol. The van der Waals surface area contributed by atoms with E-state index in [0.717, 1.165) is 23.1 Å². The zero-order chi connectivity index (χ0) is 25.8. The van der Waals surface area contributed by atoms with Gasteiger partial charge >= 0.3 is 4.87 Å². The Hall–Kier alpha value is -3.44. The second-order valence-electron chi connectivity index (χ2n) is 9.09. The largest absolute Gasteiger partial charge is 0.497 e. The van der Waals surface area contributed by atoms with Crippen LogP contribution in [0.15, 0.2) is 58.4 Å². The highest BCUT2D eigenvalue weighted by Gasteiger charge is 2.59. The van der Waals surface area contributed by atoms with Crippen molar-refractivity contribution >= 4 is 52.2 Å². The molecular weight excluding hydrogens is 505 g/mol. The Morgan fingerprint density at radius 1 is 1.06 bits per heavy atom. The molecule has 3 aromatic rings. The number of thioether (sulfide) groups is 1. The van der Waals surface area contributed by atoms with Crippen LogP contribution in [-0.2, 0) is 26.3 Å². The van der Waals surface area contributed by atoms with E-state index in [-0.39, 0.29) is 23.2 Å². The van der Waals surface area contributed by atoms with Gasteiger partial charge in [0, 0.05) is 16.0 Å². The Labute approximate surface area is 214 Å². The Balaban J connectivity index is 1.45. The number of thiazole rings is 1. The molecule has 0 radical (unpaired) electrons. The Kier molecular flexibility index (Phi) is 6.00. The van der Waals surface area contributed by atoms with Crippen LogP contribution < -0.4 is 19.8 Å². The van der Waals surface area contributed by atoms with Crippen molar-refractivity contribution in [2.75, 3.05) is 17.3 Å². The molecule has 0 aliphatic carbocycles. The molecule has 8 nitrogen and oxygen atoms in total. The van der Waals surface area contributed by atoms with E-state index in [2.05, 4.69) is 5.32 Å². The van der Waals surface area contributed by atoms with Crippen molar-refractivity contribution < 1.29 is 23.5 Å². The minimum absolute atomic E-state index is 0.271. The first kappa shape index (κ1) is 24.3. The van der Waals surface area contributed by atoms with E-state index >= 15 is 0 Å². The lowest BCUT2D eigenvalue weighted by Gasteiger charge is -2.36. The molecule has 0 spiro atoms. The van der Waals surface area contributed by atoms with Crippen LogP contribution in [0.3, 0.4) is 0 Å². The van der Waals surface area contributed by atoms with Gasteiger partial charge in [0.25, 0.3) is 0 Å². The summed E-state index contributed by atoms with van der Waals surface area (Å²) in [7, 11) is 1.53. The molecule has 36 heavy (non-hydrogen) atoms. The zero-order valence-corrected chi connectivity index (χ0v) is 21.2. The number of carbonyl (C=O) groups excluding carboxylic acids is 3. The highest BCUT2D eigenvalue weighted by atomic mass is 32.2. The summed E-state index contributed by atoms with van der Waals surface area (Å²) >= 11 is 2.14. The van der Waals surface area contributed by atoms with Gasteiger partial charge in [-0.1, -0.05) is 36.9 Å². The van der Waals surface area contributed by atoms with Gasteiger partial charge < -0.3 is 10.1 Å². The molecule has 186 valence electrons. The molecule has 2 atom stereocenters. The van der Waals surface area contributed by atoms with Crippen molar-refractivity contribution in [2.45, 2.75) is 36.1 Å². The third-order valence-electron chi connectivity index (χ3n) is 6.46. The molecular formula is C25H22FN3O5S2. The van der Waals surface area contributed by atoms with Crippen molar-refractivity contribution in [1.82, 2.24) is 4.57 Å². The number of carbonyl (C=O) groups is 3. The van der Waals surface area contributed by atoms with Gasteiger partial charge in [0.1, 0.15) is 23.4 Å². The normalized spacial score (nSPS) is 20.2. The molecule has 1 saturated heterocycles. The second-order valence-corrected chi connectivity index (χ2v) is 11.2. The number of imide groups is 1. The Morgan fingerprint density at radius 2 is 1.72 bits per heavy atom. The number of methoxy groups -OCH3 is 1. The lowest BCUT2D eigenvalue weighted by atomic mass is 9.76. The van der Waals surface area contributed by atoms with Crippen LogP contribution in [0.2, 0.25) is 0 Å². The van der Waals surface area contributed by atoms with Crippen LogP contribution in [0.25, 0.3) is 0 Å². The molecule has 1 N–H and O–H groups in total. The predicted octanol–water partition coefficient (Wildman–Crippen LogP) is 3.64. The van der Waals surface area contributed by atoms with Crippen molar-refractivity contribution in [2.24, 2.45) is 5.92 Å². The van der Waals surface area contributed by atoms with Gasteiger partial charge in [0.15, 0.2) is 0 Å². The number of benzene rings is 2. The molecule has 11 heteroatoms. The topological polar surface area (TPSA) is 97.7 Å². The van der Waals surface area contributed by atoms with E-state index in [1.165, 1.54) is 40.8 Å². The standard InChI is InChI=1S/C25H22FN3O5S2/c1-25(2)18-19(22(32)29(21(18)31)15-8-10-16(34-3)11-9-15)35-23-20(25)36-24(33)28(23)12-17(30)27-14-6-4-13(26)5-7-14/h4-11,18-19H,12H2,1-3H3,(H,27,30)/t18-,19+/m1/s1. The van der Waals surface area contributed by atoms with Crippen molar-refractivity contribution in [1.29, 1.82) is 0 Å². The summed E-state index contributed by atoms with van der Waals surface area (Å²) in [6, 6.07) is 12.0. The lowest BCUT2D eigenvalue weighted by Crippen LogP contribution is -2.41. The monoisotopic (exact) mass is 527 g/mol. The fourth-order valence-electron chi connectivity index (χ4n) is 4.63. The first-order valence-electron chi connectivity index (χ1n) is 11.1. The second kappa shape index (κ2) is 8.90. The average Bonchev–Trinajstić information content (AvgIpc) is 3.29. The minimum atomic E-state index is -0.804. The first-order valence-corrected chi connectivity index (χ1v) is 12.8. The number of halogens is 1. The van der Waals surface area contributed by atoms with Crippen molar-refractivity contribution in [3.63, 3.8) is 0 Å². The molecule has 0 saturated carbocycles. The van der Waals surface area contributed by atoms with Crippen molar-refractivity contribution in [3.8, 4) is 5.75 Å². The number of aromatic nitrogens is 1. The van der Waals surface area contributed by atoms with Gasteiger partial charge in [-0.05, 0) is 48.5 Å². The van der Waals surface area contributed by atoms with Gasteiger partial charge in [0.05, 0.1) is 23.7 Å². The fraction of sp³-hybridized carbons (Fsp3) is 0.280. The number of ether oxygens (including phenoxy) is 1. The maximum absolute atomic E-state index is 13.5. The van der Waals surface area contributed by atoms with Crippen molar-refractivity contribution in [3.05, 3.63) is 68.9 Å². The molecule has 2 aliphatic heterocycles. The van der Waals surface area contributed by atoms with E-state index in [9.17, 15) is 23.6 Å². The van der Waals surface area contributed by atoms with Gasteiger partial charge in [-0.25, -0.2) is 9.29 Å². The molecule has 0 unspecified atom stereocenters. The maximum atomic E-state index is 13.5. The molecule has 5 rings (SSSR count). The minimum Gasteiger partial charge on any atom is -0.497 e. The van der Waals surface area contributed by atoms with E-state index in [1.54, 1.807) is 24.3 Å². The SMILES string of the molecule is COc1ccc(N2C(=O)[C@H]3Sc4c(sc(=O)n4CC(=O)Nc4ccc(F)cc4)C(C)(C)[C@H]3C2=O)cc1. The summed E-state index contributed by atoms with van der Waals surface area (Å²) in [5.41, 5.74) is 0.0520. The number of hydrogen-bond acceptors (Lipinski definition) is 7. The zero-order valence-electron chi connectivity index (χ0n) is 19.6.